The summed E-state index contributed by atoms with van der Waals surface area (Å²) in [4.78, 5) is 34.1. The molecule has 1 aromatic carbocycles. The Balaban J connectivity index is 1.22. The van der Waals surface area contributed by atoms with Crippen LogP contribution in [0.2, 0.25) is 0 Å². The Kier molecular flexibility index (Phi) is 7.37. The maximum Gasteiger partial charge on any atom is 0.254 e. The Bertz CT molecular complexity index is 877. The van der Waals surface area contributed by atoms with Gasteiger partial charge in [0.2, 0.25) is 5.91 Å². The molecule has 2 fully saturated rings. The molecule has 2 aliphatic rings. The highest BCUT2D eigenvalue weighted by atomic mass is 32.1. The highest BCUT2D eigenvalue weighted by Gasteiger charge is 2.25. The van der Waals surface area contributed by atoms with Gasteiger partial charge in [-0.15, -0.1) is 0 Å². The van der Waals surface area contributed by atoms with E-state index in [1.54, 1.807) is 11.3 Å². The maximum atomic E-state index is 12.9. The van der Waals surface area contributed by atoms with Gasteiger partial charge in [0, 0.05) is 64.3 Å². The summed E-state index contributed by atoms with van der Waals surface area (Å²) in [5, 5.41) is 3.85. The van der Waals surface area contributed by atoms with Crippen molar-refractivity contribution in [2.45, 2.75) is 19.9 Å². The van der Waals surface area contributed by atoms with E-state index in [0.29, 0.717) is 13.1 Å². The van der Waals surface area contributed by atoms with Crippen LogP contribution in [0.1, 0.15) is 27.9 Å². The fourth-order valence-electron chi connectivity index (χ4n) is 4.38. The molecule has 2 saturated heterocycles. The quantitative estimate of drug-likeness (QED) is 0.717. The molecule has 0 aliphatic carbocycles. The summed E-state index contributed by atoms with van der Waals surface area (Å²) in [7, 11) is 0. The second kappa shape index (κ2) is 10.4. The van der Waals surface area contributed by atoms with E-state index < -0.39 is 0 Å². The predicted molar refractivity (Wildman–Crippen MR) is 124 cm³/mol. The average Bonchev–Trinajstić information content (AvgIpc) is 3.22. The van der Waals surface area contributed by atoms with Crippen LogP contribution in [0.3, 0.4) is 0 Å². The molecule has 0 spiro atoms. The molecule has 166 valence electrons. The molecule has 31 heavy (non-hydrogen) atoms. The fourth-order valence-corrected chi connectivity index (χ4v) is 5.01. The smallest absolute Gasteiger partial charge is 0.254 e. The molecule has 4 rings (SSSR count). The van der Waals surface area contributed by atoms with Crippen molar-refractivity contribution >= 4 is 23.2 Å². The molecule has 0 radical (unpaired) electrons. The standard InChI is InChI=1S/C24H32N4O2S/c1-20-5-2-3-6-21(20)17-26-10-13-27(14-11-26)23(29)18-25-8-4-9-28(15-12-25)24(30)22-7-16-31-19-22/h2-3,5-7,16,19H,4,8-15,17-18H2,1H3. The molecular formula is C24H32N4O2S. The SMILES string of the molecule is Cc1ccccc1CN1CCN(C(=O)CN2CCCN(C(=O)c3ccsc3)CC2)CC1. The van der Waals surface area contributed by atoms with E-state index in [-0.39, 0.29) is 11.8 Å². The molecule has 3 heterocycles. The van der Waals surface area contributed by atoms with Crippen molar-refractivity contribution in [2.75, 3.05) is 58.9 Å². The monoisotopic (exact) mass is 440 g/mol. The number of hydrogen-bond acceptors (Lipinski definition) is 5. The van der Waals surface area contributed by atoms with Crippen molar-refractivity contribution in [3.8, 4) is 0 Å². The minimum absolute atomic E-state index is 0.110. The lowest BCUT2D eigenvalue weighted by Crippen LogP contribution is -2.51. The number of hydrogen-bond donors (Lipinski definition) is 0. The van der Waals surface area contributed by atoms with Crippen molar-refractivity contribution in [3.05, 3.63) is 57.8 Å². The number of thiophene rings is 1. The minimum Gasteiger partial charge on any atom is -0.339 e. The van der Waals surface area contributed by atoms with Crippen LogP contribution in [0, 0.1) is 6.92 Å². The van der Waals surface area contributed by atoms with E-state index in [9.17, 15) is 9.59 Å². The summed E-state index contributed by atoms with van der Waals surface area (Å²) in [6.07, 6.45) is 0.910. The third-order valence-electron chi connectivity index (χ3n) is 6.38. The van der Waals surface area contributed by atoms with Crippen molar-refractivity contribution in [3.63, 3.8) is 0 Å². The molecule has 6 nitrogen and oxygen atoms in total. The summed E-state index contributed by atoms with van der Waals surface area (Å²) in [5.74, 6) is 0.326. The fraction of sp³-hybridized carbons (Fsp3) is 0.500. The number of carbonyl (C=O) groups is 2. The van der Waals surface area contributed by atoms with Gasteiger partial charge in [-0.1, -0.05) is 24.3 Å². The normalized spacial score (nSPS) is 18.7. The second-order valence-electron chi connectivity index (χ2n) is 8.52. The summed E-state index contributed by atoms with van der Waals surface area (Å²) >= 11 is 1.55. The van der Waals surface area contributed by atoms with Crippen molar-refractivity contribution < 1.29 is 9.59 Å². The van der Waals surface area contributed by atoms with Crippen LogP contribution in [0.4, 0.5) is 0 Å². The van der Waals surface area contributed by atoms with Crippen LogP contribution in [-0.2, 0) is 11.3 Å². The van der Waals surface area contributed by atoms with Crippen molar-refractivity contribution in [1.29, 1.82) is 0 Å². The lowest BCUT2D eigenvalue weighted by molar-refractivity contribution is -0.134. The van der Waals surface area contributed by atoms with Crippen LogP contribution in [0.25, 0.3) is 0 Å². The lowest BCUT2D eigenvalue weighted by atomic mass is 10.1. The Morgan fingerprint density at radius 2 is 1.61 bits per heavy atom. The van der Waals surface area contributed by atoms with Crippen LogP contribution in [-0.4, -0.2) is 90.3 Å². The van der Waals surface area contributed by atoms with Crippen molar-refractivity contribution in [1.82, 2.24) is 19.6 Å². The molecule has 0 atom stereocenters. The molecule has 2 amide bonds. The predicted octanol–water partition coefficient (Wildman–Crippen LogP) is 2.55. The summed E-state index contributed by atoms with van der Waals surface area (Å²) in [6, 6.07) is 10.4. The first kappa shape index (κ1) is 22.0. The number of amides is 2. The van der Waals surface area contributed by atoms with Gasteiger partial charge in [-0.25, -0.2) is 0 Å². The van der Waals surface area contributed by atoms with E-state index >= 15 is 0 Å². The highest BCUT2D eigenvalue weighted by Crippen LogP contribution is 2.14. The first-order chi connectivity index (χ1) is 15.1. The van der Waals surface area contributed by atoms with E-state index in [4.69, 9.17) is 0 Å². The van der Waals surface area contributed by atoms with Gasteiger partial charge in [0.1, 0.15) is 0 Å². The zero-order chi connectivity index (χ0) is 21.6. The molecule has 0 unspecified atom stereocenters. The third-order valence-corrected chi connectivity index (χ3v) is 7.07. The number of benzene rings is 1. The summed E-state index contributed by atoms with van der Waals surface area (Å²) in [6.45, 7) is 10.1. The summed E-state index contributed by atoms with van der Waals surface area (Å²) in [5.41, 5.74) is 3.47. The summed E-state index contributed by atoms with van der Waals surface area (Å²) < 4.78 is 0. The number of rotatable bonds is 5. The van der Waals surface area contributed by atoms with Crippen LogP contribution in [0.15, 0.2) is 41.1 Å². The van der Waals surface area contributed by atoms with Crippen LogP contribution in [0.5, 0.6) is 0 Å². The van der Waals surface area contributed by atoms with Gasteiger partial charge in [0.25, 0.3) is 5.91 Å². The highest BCUT2D eigenvalue weighted by molar-refractivity contribution is 7.08. The average molecular weight is 441 g/mol. The van der Waals surface area contributed by atoms with Gasteiger partial charge in [-0.3, -0.25) is 19.4 Å². The van der Waals surface area contributed by atoms with E-state index in [1.807, 2.05) is 26.6 Å². The first-order valence-electron chi connectivity index (χ1n) is 11.2. The molecule has 0 bridgehead atoms. The van der Waals surface area contributed by atoms with E-state index in [0.717, 1.165) is 64.3 Å². The molecule has 2 aliphatic heterocycles. The Labute approximate surface area is 189 Å². The zero-order valence-corrected chi connectivity index (χ0v) is 19.1. The number of piperazine rings is 1. The number of carbonyl (C=O) groups excluding carboxylic acids is 2. The van der Waals surface area contributed by atoms with Gasteiger partial charge in [0.15, 0.2) is 0 Å². The third kappa shape index (κ3) is 5.73. The van der Waals surface area contributed by atoms with Gasteiger partial charge in [0.05, 0.1) is 12.1 Å². The molecule has 0 N–H and O–H groups in total. The number of nitrogens with zero attached hydrogens (tertiary/aromatic N) is 4. The van der Waals surface area contributed by atoms with Gasteiger partial charge >= 0.3 is 0 Å². The first-order valence-corrected chi connectivity index (χ1v) is 12.1. The topological polar surface area (TPSA) is 47.1 Å². The molecule has 2 aromatic rings. The minimum atomic E-state index is 0.110. The number of aryl methyl sites for hydroxylation is 1. The van der Waals surface area contributed by atoms with Crippen LogP contribution < -0.4 is 0 Å². The molecule has 7 heteroatoms. The second-order valence-corrected chi connectivity index (χ2v) is 9.30. The van der Waals surface area contributed by atoms with E-state index in [1.165, 1.54) is 11.1 Å². The van der Waals surface area contributed by atoms with Gasteiger partial charge < -0.3 is 9.80 Å². The largest absolute Gasteiger partial charge is 0.339 e. The van der Waals surface area contributed by atoms with Crippen molar-refractivity contribution in [2.24, 2.45) is 0 Å². The maximum absolute atomic E-state index is 12.9. The van der Waals surface area contributed by atoms with Gasteiger partial charge in [-0.2, -0.15) is 11.3 Å². The Hall–Kier alpha value is -2.22. The molecule has 0 saturated carbocycles. The van der Waals surface area contributed by atoms with E-state index in [2.05, 4.69) is 41.0 Å². The Morgan fingerprint density at radius 1 is 0.871 bits per heavy atom. The van der Waals surface area contributed by atoms with Crippen LogP contribution >= 0.6 is 11.3 Å². The van der Waals surface area contributed by atoms with Gasteiger partial charge in [-0.05, 0) is 35.9 Å². The lowest BCUT2D eigenvalue weighted by Gasteiger charge is -2.36. The molecular weight excluding hydrogens is 408 g/mol. The molecule has 1 aromatic heterocycles. The Morgan fingerprint density at radius 3 is 2.35 bits per heavy atom. The zero-order valence-electron chi connectivity index (χ0n) is 18.3.